The Morgan fingerprint density at radius 1 is 1.05 bits per heavy atom. The highest BCUT2D eigenvalue weighted by molar-refractivity contribution is 5.88. The van der Waals surface area contributed by atoms with Crippen molar-refractivity contribution in [1.82, 2.24) is 20.1 Å². The lowest BCUT2D eigenvalue weighted by atomic mass is 9.83. The molecule has 3 aromatic rings. The number of ether oxygens (including phenoxy) is 3. The zero-order valence-electron chi connectivity index (χ0n) is 21.4. The van der Waals surface area contributed by atoms with E-state index in [4.69, 9.17) is 14.2 Å². The summed E-state index contributed by atoms with van der Waals surface area (Å²) in [5, 5.41) is 4.09. The predicted molar refractivity (Wildman–Crippen MR) is 140 cm³/mol. The average Bonchev–Trinajstić information content (AvgIpc) is 3.51. The number of fused-ring (bicyclic) bond motifs is 4. The van der Waals surface area contributed by atoms with Gasteiger partial charge >= 0.3 is 5.97 Å². The smallest absolute Gasteiger partial charge is 0.319 e. The third-order valence-electron chi connectivity index (χ3n) is 7.50. The fourth-order valence-electron chi connectivity index (χ4n) is 5.68. The number of aromatic nitrogens is 1. The van der Waals surface area contributed by atoms with E-state index in [0.29, 0.717) is 19.7 Å². The molecule has 0 bridgehead atoms. The van der Waals surface area contributed by atoms with E-state index in [0.717, 1.165) is 54.0 Å². The summed E-state index contributed by atoms with van der Waals surface area (Å²) in [6.07, 6.45) is 1.57. The van der Waals surface area contributed by atoms with Crippen molar-refractivity contribution in [2.24, 2.45) is 0 Å². The van der Waals surface area contributed by atoms with E-state index in [9.17, 15) is 9.59 Å². The van der Waals surface area contributed by atoms with Crippen LogP contribution in [-0.2, 0) is 26.3 Å². The number of hydrogen-bond donors (Lipinski definition) is 2. The van der Waals surface area contributed by atoms with Gasteiger partial charge in [0, 0.05) is 42.8 Å². The van der Waals surface area contributed by atoms with Crippen LogP contribution in [0.4, 0.5) is 0 Å². The summed E-state index contributed by atoms with van der Waals surface area (Å²) in [6.45, 7) is 3.61. The second-order valence-corrected chi connectivity index (χ2v) is 9.58. The minimum absolute atomic E-state index is 0.00343. The molecule has 1 unspecified atom stereocenters. The number of carbonyl (C=O) groups is 2. The summed E-state index contributed by atoms with van der Waals surface area (Å²) in [4.78, 5) is 33.1. The molecule has 1 aromatic heterocycles. The fraction of sp³-hybridized carbons (Fsp3) is 0.429. The van der Waals surface area contributed by atoms with Gasteiger partial charge in [-0.3, -0.25) is 19.8 Å². The van der Waals surface area contributed by atoms with Crippen LogP contribution in [0.3, 0.4) is 0 Å². The minimum Gasteiger partial charge on any atom is -0.497 e. The topological polar surface area (TPSA) is 96.1 Å². The highest BCUT2D eigenvalue weighted by Gasteiger charge is 2.50. The molecule has 5 rings (SSSR count). The second-order valence-electron chi connectivity index (χ2n) is 9.58. The molecule has 37 heavy (non-hydrogen) atoms. The SMILES string of the molecule is COC(=O)CNCC(=O)N1CCc2c([nH]c3ccc(OC)cc23)C12CCN(CCOc1ccccc1)C2. The molecule has 1 spiro atoms. The molecule has 0 radical (unpaired) electrons. The first-order valence-corrected chi connectivity index (χ1v) is 12.7. The number of amides is 1. The van der Waals surface area contributed by atoms with Gasteiger partial charge < -0.3 is 24.1 Å². The van der Waals surface area contributed by atoms with Crippen molar-refractivity contribution in [3.63, 3.8) is 0 Å². The molecule has 0 saturated carbocycles. The maximum atomic E-state index is 13.5. The number of carbonyl (C=O) groups excluding carboxylic acids is 2. The number of benzene rings is 2. The molecular formula is C28H34N4O5. The Morgan fingerprint density at radius 3 is 2.68 bits per heavy atom. The maximum absolute atomic E-state index is 13.5. The van der Waals surface area contributed by atoms with Crippen LogP contribution < -0.4 is 14.8 Å². The number of nitrogens with zero attached hydrogens (tertiary/aromatic N) is 2. The van der Waals surface area contributed by atoms with Crippen molar-refractivity contribution in [2.75, 3.05) is 60.1 Å². The zero-order chi connectivity index (χ0) is 25.8. The maximum Gasteiger partial charge on any atom is 0.319 e. The molecule has 1 amide bonds. The van der Waals surface area contributed by atoms with Crippen molar-refractivity contribution in [3.8, 4) is 11.5 Å². The number of methoxy groups -OCH3 is 2. The summed E-state index contributed by atoms with van der Waals surface area (Å²) < 4.78 is 16.1. The molecule has 1 atom stereocenters. The molecule has 1 fully saturated rings. The van der Waals surface area contributed by atoms with Crippen LogP contribution in [0.1, 0.15) is 17.7 Å². The van der Waals surface area contributed by atoms with E-state index in [2.05, 4.69) is 21.3 Å². The Kier molecular flexibility index (Phi) is 7.34. The van der Waals surface area contributed by atoms with Crippen molar-refractivity contribution < 1.29 is 23.8 Å². The van der Waals surface area contributed by atoms with Gasteiger partial charge in [-0.2, -0.15) is 0 Å². The van der Waals surface area contributed by atoms with E-state index in [1.165, 1.54) is 12.7 Å². The third kappa shape index (κ3) is 5.01. The Labute approximate surface area is 216 Å². The van der Waals surface area contributed by atoms with Crippen molar-refractivity contribution >= 4 is 22.8 Å². The summed E-state index contributed by atoms with van der Waals surface area (Å²) in [5.74, 6) is 1.26. The molecule has 2 aromatic carbocycles. The molecule has 2 aliphatic rings. The van der Waals surface area contributed by atoms with E-state index in [-0.39, 0.29) is 19.0 Å². The second kappa shape index (κ2) is 10.8. The number of rotatable bonds is 9. The molecule has 3 heterocycles. The molecular weight excluding hydrogens is 472 g/mol. The first-order chi connectivity index (χ1) is 18.0. The van der Waals surface area contributed by atoms with Gasteiger partial charge in [0.1, 0.15) is 18.1 Å². The predicted octanol–water partition coefficient (Wildman–Crippen LogP) is 2.30. The van der Waals surface area contributed by atoms with Crippen LogP contribution in [0.2, 0.25) is 0 Å². The summed E-state index contributed by atoms with van der Waals surface area (Å²) in [7, 11) is 3.02. The zero-order valence-corrected chi connectivity index (χ0v) is 21.4. The summed E-state index contributed by atoms with van der Waals surface area (Å²) in [5.41, 5.74) is 2.93. The van der Waals surface area contributed by atoms with Crippen LogP contribution in [0.5, 0.6) is 11.5 Å². The Bertz CT molecular complexity index is 1260. The van der Waals surface area contributed by atoms with Gasteiger partial charge in [-0.25, -0.2) is 0 Å². The van der Waals surface area contributed by atoms with E-state index >= 15 is 0 Å². The molecule has 1 saturated heterocycles. The van der Waals surface area contributed by atoms with Crippen LogP contribution in [-0.4, -0.2) is 86.8 Å². The normalized spacial score (nSPS) is 19.2. The van der Waals surface area contributed by atoms with E-state index in [1.807, 2.05) is 47.4 Å². The van der Waals surface area contributed by atoms with E-state index in [1.54, 1.807) is 7.11 Å². The number of para-hydroxylation sites is 1. The Balaban J connectivity index is 1.39. The van der Waals surface area contributed by atoms with Crippen LogP contribution in [0, 0.1) is 0 Å². The van der Waals surface area contributed by atoms with Crippen LogP contribution in [0.15, 0.2) is 48.5 Å². The molecule has 196 valence electrons. The highest BCUT2D eigenvalue weighted by Crippen LogP contribution is 2.45. The molecule has 9 heteroatoms. The van der Waals surface area contributed by atoms with Gasteiger partial charge in [0.15, 0.2) is 0 Å². The molecule has 2 N–H and O–H groups in total. The van der Waals surface area contributed by atoms with Gasteiger partial charge in [-0.1, -0.05) is 18.2 Å². The monoisotopic (exact) mass is 506 g/mol. The van der Waals surface area contributed by atoms with Crippen LogP contribution >= 0.6 is 0 Å². The fourth-order valence-corrected chi connectivity index (χ4v) is 5.68. The number of likely N-dealkylation sites (tertiary alicyclic amines) is 1. The first kappa shape index (κ1) is 25.1. The summed E-state index contributed by atoms with van der Waals surface area (Å²) in [6, 6.07) is 15.9. The lowest BCUT2D eigenvalue weighted by Gasteiger charge is -2.45. The lowest BCUT2D eigenvalue weighted by molar-refractivity contribution is -0.140. The number of esters is 1. The molecule has 0 aliphatic carbocycles. The third-order valence-corrected chi connectivity index (χ3v) is 7.50. The van der Waals surface area contributed by atoms with Crippen molar-refractivity contribution in [3.05, 3.63) is 59.8 Å². The van der Waals surface area contributed by atoms with Gasteiger partial charge in [-0.05, 0) is 48.7 Å². The lowest BCUT2D eigenvalue weighted by Crippen LogP contribution is -2.57. The summed E-state index contributed by atoms with van der Waals surface area (Å²) >= 11 is 0. The molecule has 9 nitrogen and oxygen atoms in total. The van der Waals surface area contributed by atoms with Crippen LogP contribution in [0.25, 0.3) is 10.9 Å². The largest absolute Gasteiger partial charge is 0.497 e. The molecule has 2 aliphatic heterocycles. The quantitative estimate of drug-likeness (QED) is 0.430. The first-order valence-electron chi connectivity index (χ1n) is 12.7. The van der Waals surface area contributed by atoms with Crippen molar-refractivity contribution in [2.45, 2.75) is 18.4 Å². The standard InChI is InChI=1S/C28H34N4O5/c1-35-21-8-9-24-23(16-21)22-10-12-32(25(33)17-29-18-26(34)36-2)28(27(22)30-24)11-13-31(19-28)14-15-37-20-6-4-3-5-7-20/h3-9,16,29-30H,10-15,17-19H2,1-2H3. The van der Waals surface area contributed by atoms with E-state index < -0.39 is 11.5 Å². The van der Waals surface area contributed by atoms with Gasteiger partial charge in [0.2, 0.25) is 5.91 Å². The minimum atomic E-state index is -0.476. The number of aromatic amines is 1. The van der Waals surface area contributed by atoms with Gasteiger partial charge in [-0.15, -0.1) is 0 Å². The Hall–Kier alpha value is -3.56. The number of hydrogen-bond acceptors (Lipinski definition) is 7. The van der Waals surface area contributed by atoms with Gasteiger partial charge in [0.05, 0.1) is 32.8 Å². The highest BCUT2D eigenvalue weighted by atomic mass is 16.5. The Morgan fingerprint density at radius 2 is 1.89 bits per heavy atom. The number of H-pyrrole nitrogens is 1. The van der Waals surface area contributed by atoms with Crippen molar-refractivity contribution in [1.29, 1.82) is 0 Å². The average molecular weight is 507 g/mol. The number of nitrogens with one attached hydrogen (secondary N) is 2. The van der Waals surface area contributed by atoms with Gasteiger partial charge in [0.25, 0.3) is 0 Å².